The Hall–Kier alpha value is -4.14. The van der Waals surface area contributed by atoms with Crippen LogP contribution in [0.4, 0.5) is 10.2 Å². The van der Waals surface area contributed by atoms with Crippen LogP contribution in [0.5, 0.6) is 5.75 Å². The molecule has 3 heterocycles. The maximum atomic E-state index is 14.1. The minimum absolute atomic E-state index is 0.0582. The van der Waals surface area contributed by atoms with Crippen LogP contribution in [0.15, 0.2) is 65.7 Å². The molecule has 2 bridgehead atoms. The quantitative estimate of drug-likeness (QED) is 0.326. The van der Waals surface area contributed by atoms with Crippen molar-refractivity contribution in [3.63, 3.8) is 0 Å². The van der Waals surface area contributed by atoms with E-state index in [1.165, 1.54) is 37.5 Å². The van der Waals surface area contributed by atoms with Gasteiger partial charge in [-0.15, -0.1) is 0 Å². The number of rotatable bonds is 3. The van der Waals surface area contributed by atoms with Crippen LogP contribution >= 0.6 is 0 Å². The normalized spacial score (nSPS) is 16.3. The molecule has 2 N–H and O–H groups in total. The Kier molecular flexibility index (Phi) is 8.62. The summed E-state index contributed by atoms with van der Waals surface area (Å²) in [6, 6.07) is 13.2. The summed E-state index contributed by atoms with van der Waals surface area (Å²) in [6.45, 7) is 2.01. The van der Waals surface area contributed by atoms with Crippen molar-refractivity contribution in [1.29, 1.82) is 0 Å². The largest absolute Gasteiger partial charge is 0.375 e. The minimum atomic E-state index is -4.34. The van der Waals surface area contributed by atoms with Crippen molar-refractivity contribution < 1.29 is 30.2 Å². The van der Waals surface area contributed by atoms with Gasteiger partial charge in [-0.2, -0.15) is 8.42 Å². The predicted octanol–water partition coefficient (Wildman–Crippen LogP) is 3.42. The van der Waals surface area contributed by atoms with E-state index in [4.69, 9.17) is 4.18 Å². The zero-order valence-corrected chi connectivity index (χ0v) is 25.1. The number of nitrogens with one attached hydrogen (secondary N) is 2. The highest BCUT2D eigenvalue weighted by atomic mass is 32.2. The Labute approximate surface area is 249 Å². The fourth-order valence-corrected chi connectivity index (χ4v) is 6.86. The van der Waals surface area contributed by atoms with Crippen molar-refractivity contribution in [2.75, 3.05) is 23.7 Å². The fraction of sp³-hybridized carbons (Fsp3) is 0.276. The molecule has 0 aliphatic carbocycles. The summed E-state index contributed by atoms with van der Waals surface area (Å²) < 4.78 is 74.2. The van der Waals surface area contributed by atoms with Gasteiger partial charge in [0.25, 0.3) is 5.91 Å². The molecule has 0 unspecified atom stereocenters. The molecule has 0 atom stereocenters. The summed E-state index contributed by atoms with van der Waals surface area (Å²) in [5.41, 5.74) is 1.66. The summed E-state index contributed by atoms with van der Waals surface area (Å²) in [4.78, 5) is 21.7. The zero-order valence-electron chi connectivity index (χ0n) is 23.5. The molecule has 1 aliphatic heterocycles. The number of carbonyl (C=O) groups is 1. The number of benzene rings is 2. The van der Waals surface area contributed by atoms with Crippen LogP contribution in [-0.4, -0.2) is 52.1 Å². The van der Waals surface area contributed by atoms with Crippen LogP contribution in [0.25, 0.3) is 10.9 Å². The van der Waals surface area contributed by atoms with E-state index in [-0.39, 0.29) is 70.4 Å². The van der Waals surface area contributed by atoms with Crippen molar-refractivity contribution in [1.82, 2.24) is 20.6 Å². The van der Waals surface area contributed by atoms with E-state index in [2.05, 4.69) is 20.6 Å². The highest BCUT2D eigenvalue weighted by molar-refractivity contribution is 7.92. The van der Waals surface area contributed by atoms with Crippen LogP contribution < -0.4 is 19.1 Å². The lowest BCUT2D eigenvalue weighted by Gasteiger charge is -2.23. The Morgan fingerprint density at radius 1 is 1.05 bits per heavy atom. The molecule has 4 aromatic rings. The Morgan fingerprint density at radius 2 is 1.81 bits per heavy atom. The molecule has 0 saturated heterocycles. The number of pyridine rings is 2. The SMILES string of the molecule is Cc1ccc(S(=O)(=O)Oc2c3nc(c4cccnc24)N(C)S(=O)(=O)CCCCNC(=O)c2cc(F)ccc2CNC3)cc1. The highest BCUT2D eigenvalue weighted by Gasteiger charge is 2.28. The first-order valence-corrected chi connectivity index (χ1v) is 16.5. The van der Waals surface area contributed by atoms with Gasteiger partial charge in [0.1, 0.15) is 21.9 Å². The van der Waals surface area contributed by atoms with Gasteiger partial charge in [0.2, 0.25) is 10.0 Å². The monoisotopic (exact) mass is 627 g/mol. The number of aryl methyl sites for hydroxylation is 1. The average Bonchev–Trinajstić information content (AvgIpc) is 2.97. The summed E-state index contributed by atoms with van der Waals surface area (Å²) in [5, 5.41) is 6.11. The Balaban J connectivity index is 1.64. The Bertz CT molecular complexity index is 1900. The molecule has 11 nitrogen and oxygen atoms in total. The molecule has 0 radical (unpaired) electrons. The third-order valence-electron chi connectivity index (χ3n) is 7.02. The van der Waals surface area contributed by atoms with Gasteiger partial charge in [-0.25, -0.2) is 17.8 Å². The molecule has 43 heavy (non-hydrogen) atoms. The molecule has 5 rings (SSSR count). The first-order chi connectivity index (χ1) is 20.5. The van der Waals surface area contributed by atoms with Crippen LogP contribution in [-0.2, 0) is 33.2 Å². The number of carbonyl (C=O) groups excluding carboxylic acids is 1. The van der Waals surface area contributed by atoms with Gasteiger partial charge in [0.15, 0.2) is 11.6 Å². The zero-order chi connectivity index (χ0) is 30.8. The molecule has 2 aromatic carbocycles. The summed E-state index contributed by atoms with van der Waals surface area (Å²) in [6.07, 6.45) is 2.05. The highest BCUT2D eigenvalue weighted by Crippen LogP contribution is 2.36. The van der Waals surface area contributed by atoms with E-state index in [9.17, 15) is 26.0 Å². The second-order valence-electron chi connectivity index (χ2n) is 10.1. The number of aromatic nitrogens is 2. The van der Waals surface area contributed by atoms with Gasteiger partial charge >= 0.3 is 10.1 Å². The third-order valence-corrected chi connectivity index (χ3v) is 10.1. The third kappa shape index (κ3) is 6.60. The van der Waals surface area contributed by atoms with Crippen molar-refractivity contribution in [3.05, 3.63) is 89.0 Å². The van der Waals surface area contributed by atoms with Gasteiger partial charge in [-0.1, -0.05) is 23.8 Å². The van der Waals surface area contributed by atoms with E-state index in [1.807, 2.05) is 6.92 Å². The van der Waals surface area contributed by atoms with E-state index in [0.29, 0.717) is 12.0 Å². The first-order valence-electron chi connectivity index (χ1n) is 13.5. The van der Waals surface area contributed by atoms with E-state index in [1.54, 1.807) is 24.3 Å². The lowest BCUT2D eigenvalue weighted by molar-refractivity contribution is 0.0951. The van der Waals surface area contributed by atoms with Crippen molar-refractivity contribution in [2.24, 2.45) is 0 Å². The fourth-order valence-electron chi connectivity index (χ4n) is 4.66. The van der Waals surface area contributed by atoms with E-state index in [0.717, 1.165) is 15.9 Å². The molecule has 226 valence electrons. The first kappa shape index (κ1) is 30.3. The van der Waals surface area contributed by atoms with E-state index >= 15 is 0 Å². The molecule has 1 amide bonds. The molecular formula is C29H30FN5O6S2. The van der Waals surface area contributed by atoms with Crippen LogP contribution in [0.3, 0.4) is 0 Å². The lowest BCUT2D eigenvalue weighted by atomic mass is 10.1. The van der Waals surface area contributed by atoms with Gasteiger partial charge in [0.05, 0.1) is 5.75 Å². The molecular weight excluding hydrogens is 597 g/mol. The maximum Gasteiger partial charge on any atom is 0.339 e. The van der Waals surface area contributed by atoms with Crippen LogP contribution in [0, 0.1) is 12.7 Å². The summed E-state index contributed by atoms with van der Waals surface area (Å²) in [5.74, 6) is -1.42. The standard InChI is InChI=1S/C29H30FN5O6S2/c1-19-7-11-22(12-8-19)43(39,40)41-27-25-18-31-17-20-9-10-21(30)16-24(20)29(36)33-13-3-4-15-42(37,38)35(2)28(34-25)23-6-5-14-32-26(23)27/h5-12,14,16,31H,3-4,13,15,17-18H2,1-2H3,(H,33,36). The van der Waals surface area contributed by atoms with E-state index < -0.39 is 31.9 Å². The summed E-state index contributed by atoms with van der Waals surface area (Å²) >= 11 is 0. The number of hydrogen-bond acceptors (Lipinski definition) is 9. The number of hydrogen-bond donors (Lipinski definition) is 2. The maximum absolute atomic E-state index is 14.1. The summed E-state index contributed by atoms with van der Waals surface area (Å²) in [7, 11) is -6.85. The second-order valence-corrected chi connectivity index (χ2v) is 13.8. The van der Waals surface area contributed by atoms with Gasteiger partial charge in [-0.3, -0.25) is 14.1 Å². The number of fused-ring (bicyclic) bond motifs is 5. The van der Waals surface area contributed by atoms with Crippen molar-refractivity contribution in [3.8, 4) is 5.75 Å². The van der Waals surface area contributed by atoms with Crippen molar-refractivity contribution in [2.45, 2.75) is 37.8 Å². The molecule has 0 spiro atoms. The molecule has 0 saturated carbocycles. The molecule has 2 aromatic heterocycles. The van der Waals surface area contributed by atoms with Crippen molar-refractivity contribution >= 4 is 42.8 Å². The predicted molar refractivity (Wildman–Crippen MR) is 159 cm³/mol. The smallest absolute Gasteiger partial charge is 0.339 e. The molecule has 14 heteroatoms. The average molecular weight is 628 g/mol. The van der Waals surface area contributed by atoms with Crippen LogP contribution in [0.2, 0.25) is 0 Å². The van der Waals surface area contributed by atoms with Gasteiger partial charge in [0, 0.05) is 43.8 Å². The number of nitrogens with zero attached hydrogens (tertiary/aromatic N) is 3. The lowest BCUT2D eigenvalue weighted by Crippen LogP contribution is -2.32. The van der Waals surface area contributed by atoms with Gasteiger partial charge < -0.3 is 14.8 Å². The number of anilines is 1. The topological polar surface area (TPSA) is 148 Å². The molecule has 0 fully saturated rings. The van der Waals surface area contributed by atoms with Crippen LogP contribution in [0.1, 0.15) is 40.0 Å². The number of sulfonamides is 1. The minimum Gasteiger partial charge on any atom is -0.375 e. The second kappa shape index (κ2) is 12.2. The van der Waals surface area contributed by atoms with Gasteiger partial charge in [-0.05, 0) is 61.7 Å². The number of halogens is 1. The molecule has 1 aliphatic rings. The number of amides is 1. The Morgan fingerprint density at radius 3 is 2.58 bits per heavy atom.